The van der Waals surface area contributed by atoms with Crippen molar-refractivity contribution in [3.63, 3.8) is 0 Å². The first-order valence-electron chi connectivity index (χ1n) is 50.3. The predicted molar refractivity (Wildman–Crippen MR) is 559 cm³/mol. The van der Waals surface area contributed by atoms with E-state index in [9.17, 15) is 8.22 Å². The maximum Gasteiger partial charge on any atom is 0.252 e. The van der Waals surface area contributed by atoms with Gasteiger partial charge in [0.15, 0.2) is 16.7 Å². The SMILES string of the molecule is [2H]c1c([2H])c([2H])c2c(c1[2H])c1c([2H])c([2H])c([2H])c([2H])c1n2-c1cccc2c1oc1c(N3c4cc(-n5c6ccc(C(C)(C)C)cc6c6cc(C(C)(C)C)ccc65)ccc4B4c5ccc(-c6cc(C(C)(C)C)cc(C(C)(C)C)c6)cc5N(c5ccc6c(c5)oc5c(-n7c8ccc(C(C)(C)C)cc8c8cc(C(C)(C)C)ccc87)cccc56)c5cc(-c6cc(C(C)(C)C)cc(C(C)(C)C)c6)cc3c54)cccc12. The molecule has 0 unspecified atom stereocenters. The van der Waals surface area contributed by atoms with Gasteiger partial charge in [-0.25, -0.2) is 0 Å². The summed E-state index contributed by atoms with van der Waals surface area (Å²) in [6.07, 6.45) is 0. The second-order valence-electron chi connectivity index (χ2n) is 45.4. The molecule has 0 N–H and O–H groups in total. The molecule has 0 amide bonds. The summed E-state index contributed by atoms with van der Waals surface area (Å²) < 4.78 is 97.2. The van der Waals surface area contributed by atoms with Crippen LogP contribution in [0.1, 0.15) is 222 Å². The first-order valence-corrected chi connectivity index (χ1v) is 46.3. The maximum atomic E-state index is 9.78. The smallest absolute Gasteiger partial charge is 0.252 e. The number of aromatic nitrogens is 3. The zero-order chi connectivity index (χ0) is 97.8. The number of para-hydroxylation sites is 5. The molecule has 0 fully saturated rings. The Morgan fingerprint density at radius 2 is 0.585 bits per heavy atom. The molecule has 2 aliphatic heterocycles. The predicted octanol–water partition coefficient (Wildman–Crippen LogP) is 32.6. The molecule has 2 aliphatic rings. The molecule has 0 bridgehead atoms. The minimum absolute atomic E-state index is 0.000688. The number of rotatable bonds is 7. The van der Waals surface area contributed by atoms with Gasteiger partial charge in [0.2, 0.25) is 0 Å². The van der Waals surface area contributed by atoms with E-state index in [1.54, 1.807) is 4.57 Å². The van der Waals surface area contributed by atoms with Crippen LogP contribution >= 0.6 is 0 Å². The molecule has 0 atom stereocenters. The second-order valence-corrected chi connectivity index (χ2v) is 45.4. The Hall–Kier alpha value is -13.0. The van der Waals surface area contributed by atoms with Crippen LogP contribution in [0.2, 0.25) is 0 Å². The summed E-state index contributed by atoms with van der Waals surface area (Å²) in [7, 11) is 0. The van der Waals surface area contributed by atoms with Crippen molar-refractivity contribution in [3.8, 4) is 39.3 Å². The number of hydrogen-bond acceptors (Lipinski definition) is 4. The van der Waals surface area contributed by atoms with Crippen LogP contribution in [-0.2, 0) is 43.3 Å². The summed E-state index contributed by atoms with van der Waals surface area (Å²) in [6.45, 7) is 54.8. The molecule has 15 aromatic carbocycles. The summed E-state index contributed by atoms with van der Waals surface area (Å²) >= 11 is 0. The lowest BCUT2D eigenvalue weighted by Gasteiger charge is -2.44. The van der Waals surface area contributed by atoms with E-state index in [2.05, 4.69) is 397 Å². The fourth-order valence-electron chi connectivity index (χ4n) is 20.7. The van der Waals surface area contributed by atoms with Crippen molar-refractivity contribution in [2.24, 2.45) is 0 Å². The lowest BCUT2D eigenvalue weighted by molar-refractivity contribution is 0.568. The van der Waals surface area contributed by atoms with Crippen molar-refractivity contribution in [2.45, 2.75) is 209 Å². The van der Waals surface area contributed by atoms with E-state index >= 15 is 0 Å². The standard InChI is InChI=1S/C122H118BN5O2/c1-115(2,3)75-43-52-99-91(65-75)92-66-76(116(4,5)6)44-53-100(92)124(99)83-48-51-96-107(69-83)128(105-41-31-36-90-89-35-30-40-104(113(89)130-114(90)105)126-97-37-27-25-32-85(97)86-33-26-28-38-98(86)126)109-62-74(73-58-81(121(19,20)21)64-82(59-73)122(22,23)24)61-108-111(109)123(96)95-50-42-71(72-56-79(119(13,14)15)63-80(57-72)120(16,17)18)60-106(95)125(108)84-47-49-87-88-34-29-39-103(112(88)129-110(87)70-84)127-101-54-45-77(117(7,8)9)67-93(101)94-68-78(118(10,11)12)46-55-102(94)127/h25-70H,1-24H3/i25D,26D,27D,28D,32D,33D,37D,38D. The molecule has 0 saturated heterocycles. The van der Waals surface area contributed by atoms with E-state index < -0.39 is 55.1 Å². The molecular formula is C122H118BN5O2. The van der Waals surface area contributed by atoms with Gasteiger partial charge in [-0.15, -0.1) is 0 Å². The lowest BCUT2D eigenvalue weighted by atomic mass is 9.33. The average molecular weight is 1710 g/mol. The Morgan fingerprint density at radius 1 is 0.231 bits per heavy atom. The van der Waals surface area contributed by atoms with Crippen LogP contribution in [0.15, 0.2) is 288 Å². The number of fused-ring (bicyclic) bond motifs is 19. The average Bonchev–Trinajstić information content (AvgIpc) is 1.62. The first-order chi connectivity index (χ1) is 64.8. The number of hydrogen-bond donors (Lipinski definition) is 0. The molecule has 5 aromatic heterocycles. The summed E-state index contributed by atoms with van der Waals surface area (Å²) in [5, 5.41) is 8.09. The van der Waals surface area contributed by atoms with E-state index in [1.165, 1.54) is 55.3 Å². The van der Waals surface area contributed by atoms with Gasteiger partial charge in [-0.2, -0.15) is 0 Å². The Kier molecular flexibility index (Phi) is 16.0. The van der Waals surface area contributed by atoms with Crippen LogP contribution in [0.5, 0.6) is 0 Å². The fourth-order valence-corrected chi connectivity index (χ4v) is 20.7. The van der Waals surface area contributed by atoms with Gasteiger partial charge in [-0.1, -0.05) is 318 Å². The fraction of sp³-hybridized carbons (Fsp3) is 0.262. The van der Waals surface area contributed by atoms with E-state index in [1.807, 2.05) is 18.2 Å². The van der Waals surface area contributed by atoms with Crippen LogP contribution in [0.3, 0.4) is 0 Å². The van der Waals surface area contributed by atoms with Gasteiger partial charge < -0.3 is 32.3 Å². The van der Waals surface area contributed by atoms with Crippen LogP contribution in [0, 0.1) is 0 Å². The van der Waals surface area contributed by atoms with Gasteiger partial charge in [0.1, 0.15) is 5.58 Å². The van der Waals surface area contributed by atoms with E-state index in [-0.39, 0.29) is 65.1 Å². The molecule has 0 radical (unpaired) electrons. The maximum absolute atomic E-state index is 9.78. The highest BCUT2D eigenvalue weighted by Crippen LogP contribution is 2.54. The molecule has 7 heterocycles. The molecular weight excluding hydrogens is 1580 g/mol. The van der Waals surface area contributed by atoms with E-state index in [0.29, 0.717) is 27.9 Å². The van der Waals surface area contributed by atoms with Gasteiger partial charge in [-0.05, 0) is 248 Å². The molecule has 22 rings (SSSR count). The lowest BCUT2D eigenvalue weighted by Crippen LogP contribution is -2.61. The Labute approximate surface area is 777 Å². The quantitative estimate of drug-likeness (QED) is 0.149. The molecule has 7 nitrogen and oxygen atoms in total. The molecule has 0 aliphatic carbocycles. The van der Waals surface area contributed by atoms with Crippen LogP contribution < -0.4 is 26.2 Å². The van der Waals surface area contributed by atoms with Crippen molar-refractivity contribution in [1.29, 1.82) is 0 Å². The third-order valence-electron chi connectivity index (χ3n) is 28.3. The van der Waals surface area contributed by atoms with Gasteiger partial charge in [0.05, 0.1) is 61.1 Å². The van der Waals surface area contributed by atoms with Crippen molar-refractivity contribution < 1.29 is 19.8 Å². The van der Waals surface area contributed by atoms with Crippen molar-refractivity contribution in [2.75, 3.05) is 9.80 Å². The minimum Gasteiger partial charge on any atom is -0.454 e. The topological polar surface area (TPSA) is 47.6 Å². The van der Waals surface area contributed by atoms with Crippen LogP contribution in [-0.4, -0.2) is 20.4 Å². The second kappa shape index (κ2) is 28.2. The Bertz CT molecular complexity index is 8450. The zero-order valence-electron chi connectivity index (χ0n) is 87.6. The highest BCUT2D eigenvalue weighted by molar-refractivity contribution is 7.00. The van der Waals surface area contributed by atoms with E-state index in [4.69, 9.17) is 11.6 Å². The van der Waals surface area contributed by atoms with Crippen LogP contribution in [0.25, 0.3) is 149 Å². The molecule has 0 saturated carbocycles. The van der Waals surface area contributed by atoms with Gasteiger partial charge in [-0.3, -0.25) is 0 Å². The number of furan rings is 2. The van der Waals surface area contributed by atoms with E-state index in [0.717, 1.165) is 139 Å². The molecule has 130 heavy (non-hydrogen) atoms. The summed E-state index contributed by atoms with van der Waals surface area (Å²) in [6, 6.07) is 83.6. The van der Waals surface area contributed by atoms with Gasteiger partial charge in [0, 0.05) is 94.1 Å². The van der Waals surface area contributed by atoms with Crippen LogP contribution in [0.4, 0.5) is 34.1 Å². The minimum atomic E-state index is -0.515. The first kappa shape index (κ1) is 73.8. The highest BCUT2D eigenvalue weighted by atomic mass is 16.3. The largest absolute Gasteiger partial charge is 0.454 e. The van der Waals surface area contributed by atoms with Gasteiger partial charge >= 0.3 is 0 Å². The zero-order valence-corrected chi connectivity index (χ0v) is 79.6. The third-order valence-corrected chi connectivity index (χ3v) is 28.3. The van der Waals surface area contributed by atoms with Crippen molar-refractivity contribution in [3.05, 3.63) is 323 Å². The summed E-state index contributed by atoms with van der Waals surface area (Å²) in [4.78, 5) is 4.98. The molecule has 20 aromatic rings. The van der Waals surface area contributed by atoms with Crippen molar-refractivity contribution in [1.82, 2.24) is 13.7 Å². The molecule has 646 valence electrons. The third kappa shape index (κ3) is 13.1. The van der Waals surface area contributed by atoms with Crippen molar-refractivity contribution >= 4 is 167 Å². The monoisotopic (exact) mass is 1700 g/mol. The number of nitrogens with zero attached hydrogens (tertiary/aromatic N) is 5. The number of anilines is 6. The Balaban J connectivity index is 0.874. The summed E-state index contributed by atoms with van der Waals surface area (Å²) in [5.41, 5.74) is 30.3. The highest BCUT2D eigenvalue weighted by Gasteiger charge is 2.46. The normalized spacial score (nSPS) is 14.7. The molecule has 0 spiro atoms. The summed E-state index contributed by atoms with van der Waals surface area (Å²) in [5.74, 6) is 0. The number of benzene rings is 15. The van der Waals surface area contributed by atoms with Gasteiger partial charge in [0.25, 0.3) is 6.71 Å². The Morgan fingerprint density at radius 3 is 1.04 bits per heavy atom. The molecule has 8 heteroatoms.